The van der Waals surface area contributed by atoms with Gasteiger partial charge in [0.2, 0.25) is 0 Å². The molecule has 9 aromatic carbocycles. The second-order valence-electron chi connectivity index (χ2n) is 16.5. The minimum atomic E-state index is -0.124. The van der Waals surface area contributed by atoms with E-state index in [-0.39, 0.29) is 5.41 Å². The lowest BCUT2D eigenvalue weighted by Gasteiger charge is -2.28. The number of para-hydroxylation sites is 4. The highest BCUT2D eigenvalue weighted by molar-refractivity contribution is 6.11. The molecule has 0 saturated heterocycles. The molecule has 0 spiro atoms. The van der Waals surface area contributed by atoms with Crippen molar-refractivity contribution in [2.75, 3.05) is 4.90 Å². The van der Waals surface area contributed by atoms with Gasteiger partial charge in [-0.15, -0.1) is 0 Å². The summed E-state index contributed by atoms with van der Waals surface area (Å²) in [6.45, 7) is 4.68. The topological polar surface area (TPSA) is 29.5 Å². The van der Waals surface area contributed by atoms with Crippen LogP contribution in [0.25, 0.3) is 88.4 Å². The molecule has 0 radical (unpaired) electrons. The molecule has 1 aliphatic rings. The van der Waals surface area contributed by atoms with Gasteiger partial charge >= 0.3 is 0 Å². The van der Waals surface area contributed by atoms with Crippen molar-refractivity contribution in [2.45, 2.75) is 19.3 Å². The predicted octanol–water partition coefficient (Wildman–Crippen LogP) is 16.3. The third kappa shape index (κ3) is 5.29. The third-order valence-corrected chi connectivity index (χ3v) is 12.7. The Kier molecular flexibility index (Phi) is 7.58. The van der Waals surface area contributed by atoms with E-state index in [0.717, 1.165) is 77.6 Å². The Bertz CT molecular complexity index is 3440. The van der Waals surface area contributed by atoms with Crippen LogP contribution in [0, 0.1) is 0 Å². The zero-order valence-electron chi connectivity index (χ0n) is 33.3. The van der Waals surface area contributed by atoms with Crippen LogP contribution in [0.15, 0.2) is 209 Å². The molecule has 0 saturated carbocycles. The van der Waals surface area contributed by atoms with Crippen molar-refractivity contribution in [2.24, 2.45) is 0 Å². The van der Waals surface area contributed by atoms with Crippen molar-refractivity contribution >= 4 is 60.9 Å². The molecule has 0 aliphatic heterocycles. The zero-order chi connectivity index (χ0) is 40.0. The van der Waals surface area contributed by atoms with E-state index < -0.39 is 0 Å². The Morgan fingerprint density at radius 1 is 0.350 bits per heavy atom. The predicted molar refractivity (Wildman–Crippen MR) is 250 cm³/mol. The van der Waals surface area contributed by atoms with Crippen LogP contribution >= 0.6 is 0 Å². The Morgan fingerprint density at radius 2 is 0.817 bits per heavy atom. The summed E-state index contributed by atoms with van der Waals surface area (Å²) in [5.41, 5.74) is 18.9. The van der Waals surface area contributed by atoms with Gasteiger partial charge in [-0.25, -0.2) is 0 Å². The fourth-order valence-electron chi connectivity index (χ4n) is 9.64. The van der Waals surface area contributed by atoms with E-state index in [1.165, 1.54) is 38.9 Å². The summed E-state index contributed by atoms with van der Waals surface area (Å²) in [6.07, 6.45) is 0. The molecule has 11 aromatic rings. The van der Waals surface area contributed by atoms with Crippen LogP contribution in [0.1, 0.15) is 25.0 Å². The van der Waals surface area contributed by atoms with Crippen molar-refractivity contribution in [3.63, 3.8) is 0 Å². The maximum absolute atomic E-state index is 6.64. The molecule has 3 heteroatoms. The fourth-order valence-corrected chi connectivity index (χ4v) is 9.64. The van der Waals surface area contributed by atoms with Gasteiger partial charge in [-0.05, 0) is 92.5 Å². The molecule has 0 amide bonds. The van der Waals surface area contributed by atoms with E-state index in [4.69, 9.17) is 8.83 Å². The van der Waals surface area contributed by atoms with Crippen LogP contribution in [-0.2, 0) is 5.41 Å². The van der Waals surface area contributed by atoms with Gasteiger partial charge in [0.15, 0.2) is 5.58 Å². The number of fused-ring (bicyclic) bond motifs is 9. The summed E-state index contributed by atoms with van der Waals surface area (Å²) < 4.78 is 13.0. The highest BCUT2D eigenvalue weighted by Crippen LogP contribution is 2.51. The van der Waals surface area contributed by atoms with Gasteiger partial charge in [-0.2, -0.15) is 0 Å². The molecule has 0 N–H and O–H groups in total. The monoisotopic (exact) mass is 769 g/mol. The minimum Gasteiger partial charge on any atom is -0.455 e. The van der Waals surface area contributed by atoms with Crippen molar-refractivity contribution in [1.82, 2.24) is 0 Å². The van der Waals surface area contributed by atoms with E-state index in [1.807, 2.05) is 18.2 Å². The molecule has 60 heavy (non-hydrogen) atoms. The molecule has 0 bridgehead atoms. The number of benzene rings is 9. The summed E-state index contributed by atoms with van der Waals surface area (Å²) in [5, 5.41) is 4.52. The lowest BCUT2D eigenvalue weighted by Crippen LogP contribution is -2.16. The second kappa shape index (κ2) is 13.2. The first-order valence-electron chi connectivity index (χ1n) is 20.7. The van der Waals surface area contributed by atoms with Crippen LogP contribution in [0.5, 0.6) is 0 Å². The Hall–Kier alpha value is -7.62. The molecule has 12 rings (SSSR count). The first kappa shape index (κ1) is 34.4. The standard InChI is InChI=1S/C57H39NO2/c1-57(2)50-17-6-3-11-44(50)45-34-33-42(35-51(45)57)58(52-18-10-16-49-47-13-5-8-20-54(47)60-56(49)52)41-31-29-39(30-32-41)37-23-21-36(22-24-37)38-25-27-40(28-26-38)43-14-9-15-48-46-12-4-7-19-53(46)59-55(43)48/h3-35H,1-2H3. The SMILES string of the molecule is CC1(C)c2ccccc2-c2ccc(N(c3ccc(-c4ccc(-c5ccc(-c6cccc7c6oc6ccccc67)cc5)cc4)cc3)c3cccc4c3oc3ccccc34)cc21. The van der Waals surface area contributed by atoms with Gasteiger partial charge in [0.1, 0.15) is 16.7 Å². The van der Waals surface area contributed by atoms with Crippen molar-refractivity contribution < 1.29 is 8.83 Å². The van der Waals surface area contributed by atoms with Crippen molar-refractivity contribution in [1.29, 1.82) is 0 Å². The number of rotatable bonds is 6. The highest BCUT2D eigenvalue weighted by Gasteiger charge is 2.36. The molecule has 0 atom stereocenters. The first-order valence-corrected chi connectivity index (χ1v) is 20.7. The molecule has 2 aromatic heterocycles. The Labute approximate surface area is 348 Å². The van der Waals surface area contributed by atoms with E-state index >= 15 is 0 Å². The smallest absolute Gasteiger partial charge is 0.159 e. The van der Waals surface area contributed by atoms with Gasteiger partial charge in [0.25, 0.3) is 0 Å². The normalized spacial score (nSPS) is 13.0. The van der Waals surface area contributed by atoms with Crippen LogP contribution in [0.2, 0.25) is 0 Å². The third-order valence-electron chi connectivity index (χ3n) is 12.7. The van der Waals surface area contributed by atoms with E-state index in [1.54, 1.807) is 0 Å². The number of hydrogen-bond donors (Lipinski definition) is 0. The van der Waals surface area contributed by atoms with Gasteiger partial charge in [-0.3, -0.25) is 0 Å². The average molecular weight is 770 g/mol. The molecule has 0 unspecified atom stereocenters. The van der Waals surface area contributed by atoms with Crippen LogP contribution in [0.3, 0.4) is 0 Å². The van der Waals surface area contributed by atoms with Crippen molar-refractivity contribution in [3.8, 4) is 44.5 Å². The van der Waals surface area contributed by atoms with E-state index in [2.05, 4.69) is 201 Å². The summed E-state index contributed by atoms with van der Waals surface area (Å²) >= 11 is 0. The lowest BCUT2D eigenvalue weighted by molar-refractivity contribution is 0.660. The molecule has 2 heterocycles. The largest absolute Gasteiger partial charge is 0.455 e. The van der Waals surface area contributed by atoms with Crippen LogP contribution < -0.4 is 4.90 Å². The molecular weight excluding hydrogens is 731 g/mol. The maximum Gasteiger partial charge on any atom is 0.159 e. The molecule has 284 valence electrons. The number of furan rings is 2. The number of nitrogens with zero attached hydrogens (tertiary/aromatic N) is 1. The van der Waals surface area contributed by atoms with Gasteiger partial charge in [0.05, 0.1) is 5.69 Å². The van der Waals surface area contributed by atoms with Gasteiger partial charge < -0.3 is 13.7 Å². The maximum atomic E-state index is 6.64. The first-order chi connectivity index (χ1) is 29.5. The highest BCUT2D eigenvalue weighted by atomic mass is 16.3. The van der Waals surface area contributed by atoms with Crippen LogP contribution in [-0.4, -0.2) is 0 Å². The Balaban J connectivity index is 0.884. The van der Waals surface area contributed by atoms with E-state index in [9.17, 15) is 0 Å². The zero-order valence-corrected chi connectivity index (χ0v) is 33.3. The lowest BCUT2D eigenvalue weighted by atomic mass is 9.82. The van der Waals surface area contributed by atoms with E-state index in [0.29, 0.717) is 0 Å². The van der Waals surface area contributed by atoms with Gasteiger partial charge in [0, 0.05) is 43.9 Å². The van der Waals surface area contributed by atoms with Crippen molar-refractivity contribution in [3.05, 3.63) is 211 Å². The number of hydrogen-bond acceptors (Lipinski definition) is 3. The Morgan fingerprint density at radius 3 is 1.48 bits per heavy atom. The molecule has 0 fully saturated rings. The molecule has 1 aliphatic carbocycles. The molecule has 3 nitrogen and oxygen atoms in total. The summed E-state index contributed by atoms with van der Waals surface area (Å²) in [6, 6.07) is 71.8. The average Bonchev–Trinajstić information content (AvgIpc) is 3.95. The summed E-state index contributed by atoms with van der Waals surface area (Å²) in [4.78, 5) is 2.36. The fraction of sp³-hybridized carbons (Fsp3) is 0.0526. The minimum absolute atomic E-state index is 0.124. The summed E-state index contributed by atoms with van der Waals surface area (Å²) in [7, 11) is 0. The summed E-state index contributed by atoms with van der Waals surface area (Å²) in [5.74, 6) is 0. The quantitative estimate of drug-likeness (QED) is 0.169. The molecular formula is C57H39NO2. The van der Waals surface area contributed by atoms with Gasteiger partial charge in [-0.1, -0.05) is 172 Å². The van der Waals surface area contributed by atoms with Crippen LogP contribution in [0.4, 0.5) is 17.1 Å². The number of anilines is 3. The second-order valence-corrected chi connectivity index (χ2v) is 16.5.